The van der Waals surface area contributed by atoms with Gasteiger partial charge in [-0.25, -0.2) is 0 Å². The minimum Gasteiger partial charge on any atom is -0.361 e. The Morgan fingerprint density at radius 3 is 2.67 bits per heavy atom. The van der Waals surface area contributed by atoms with Gasteiger partial charge in [0.1, 0.15) is 0 Å². The van der Waals surface area contributed by atoms with Crippen molar-refractivity contribution in [1.82, 2.24) is 15.2 Å². The van der Waals surface area contributed by atoms with E-state index in [9.17, 15) is 0 Å². The van der Waals surface area contributed by atoms with E-state index in [1.54, 1.807) is 5.56 Å². The molecule has 112 valence electrons. The summed E-state index contributed by atoms with van der Waals surface area (Å²) in [4.78, 5) is 6.11. The van der Waals surface area contributed by atoms with Crippen molar-refractivity contribution in [3.05, 3.63) is 36.0 Å². The van der Waals surface area contributed by atoms with Crippen molar-refractivity contribution in [2.75, 3.05) is 26.2 Å². The number of rotatable bonds is 3. The molecule has 0 unspecified atom stereocenters. The molecule has 1 saturated heterocycles. The predicted molar refractivity (Wildman–Crippen MR) is 87.4 cm³/mol. The van der Waals surface area contributed by atoms with E-state index < -0.39 is 0 Å². The standard InChI is InChI=1S/C18H25N3/c1-2-5-14(4-1)18(21-12-10-19-11-13-21)16-6-3-7-17-15(16)8-9-20-17/h3,6-9,14,18-20H,1-2,4-5,10-13H2/t18-/m1/s1. The van der Waals surface area contributed by atoms with E-state index in [0.717, 1.165) is 19.0 Å². The van der Waals surface area contributed by atoms with Gasteiger partial charge in [-0.1, -0.05) is 25.0 Å². The van der Waals surface area contributed by atoms with E-state index in [4.69, 9.17) is 0 Å². The van der Waals surface area contributed by atoms with Crippen LogP contribution in [0.25, 0.3) is 10.9 Å². The second-order valence-electron chi connectivity index (χ2n) is 6.56. The number of nitrogens with zero attached hydrogens (tertiary/aromatic N) is 1. The second kappa shape index (κ2) is 5.82. The first-order valence-electron chi connectivity index (χ1n) is 8.44. The lowest BCUT2D eigenvalue weighted by Crippen LogP contribution is -2.46. The summed E-state index contributed by atoms with van der Waals surface area (Å²) in [6.07, 6.45) is 7.70. The van der Waals surface area contributed by atoms with Crippen LogP contribution < -0.4 is 5.32 Å². The third-order valence-electron chi connectivity index (χ3n) is 5.34. The van der Waals surface area contributed by atoms with Gasteiger partial charge in [0.25, 0.3) is 0 Å². The quantitative estimate of drug-likeness (QED) is 0.905. The molecule has 21 heavy (non-hydrogen) atoms. The summed E-state index contributed by atoms with van der Waals surface area (Å²) in [6, 6.07) is 9.64. The van der Waals surface area contributed by atoms with Gasteiger partial charge in [0.15, 0.2) is 0 Å². The summed E-state index contributed by atoms with van der Waals surface area (Å²) < 4.78 is 0. The van der Waals surface area contributed by atoms with E-state index >= 15 is 0 Å². The average molecular weight is 283 g/mol. The smallest absolute Gasteiger partial charge is 0.0457 e. The maximum Gasteiger partial charge on any atom is 0.0457 e. The third-order valence-corrected chi connectivity index (χ3v) is 5.34. The molecule has 1 atom stereocenters. The van der Waals surface area contributed by atoms with Gasteiger partial charge in [-0.05, 0) is 36.5 Å². The summed E-state index contributed by atoms with van der Waals surface area (Å²) in [5, 5.41) is 4.92. The van der Waals surface area contributed by atoms with Crippen LogP contribution in [0.4, 0.5) is 0 Å². The third kappa shape index (κ3) is 2.49. The van der Waals surface area contributed by atoms with Crippen LogP contribution in [0.3, 0.4) is 0 Å². The van der Waals surface area contributed by atoms with E-state index in [1.807, 2.05) is 0 Å². The van der Waals surface area contributed by atoms with Gasteiger partial charge in [-0.15, -0.1) is 0 Å². The van der Waals surface area contributed by atoms with Crippen LogP contribution in [-0.2, 0) is 0 Å². The topological polar surface area (TPSA) is 31.1 Å². The van der Waals surface area contributed by atoms with Crippen molar-refractivity contribution in [2.24, 2.45) is 5.92 Å². The molecule has 2 N–H and O–H groups in total. The molecule has 1 aliphatic heterocycles. The number of aromatic amines is 1. The normalized spacial score (nSPS) is 22.9. The minimum atomic E-state index is 0.606. The van der Waals surface area contributed by atoms with Crippen LogP contribution >= 0.6 is 0 Å². The molecule has 4 rings (SSSR count). The number of H-pyrrole nitrogens is 1. The highest BCUT2D eigenvalue weighted by molar-refractivity contribution is 5.83. The van der Waals surface area contributed by atoms with Crippen LogP contribution in [0.1, 0.15) is 37.3 Å². The highest BCUT2D eigenvalue weighted by Crippen LogP contribution is 2.41. The Kier molecular flexibility index (Phi) is 3.70. The maximum atomic E-state index is 3.50. The van der Waals surface area contributed by atoms with E-state index in [0.29, 0.717) is 6.04 Å². The Bertz CT molecular complexity index is 591. The zero-order valence-corrected chi connectivity index (χ0v) is 12.6. The van der Waals surface area contributed by atoms with Crippen molar-refractivity contribution in [3.63, 3.8) is 0 Å². The first-order valence-corrected chi connectivity index (χ1v) is 8.44. The zero-order valence-electron chi connectivity index (χ0n) is 12.6. The van der Waals surface area contributed by atoms with Crippen LogP contribution in [0.2, 0.25) is 0 Å². The lowest BCUT2D eigenvalue weighted by atomic mass is 9.88. The molecular weight excluding hydrogens is 258 g/mol. The molecule has 1 aromatic heterocycles. The van der Waals surface area contributed by atoms with Crippen molar-refractivity contribution >= 4 is 10.9 Å². The lowest BCUT2D eigenvalue weighted by molar-refractivity contribution is 0.126. The average Bonchev–Trinajstić information content (AvgIpc) is 3.20. The van der Waals surface area contributed by atoms with Gasteiger partial charge in [-0.2, -0.15) is 0 Å². The van der Waals surface area contributed by atoms with Crippen LogP contribution in [0.15, 0.2) is 30.5 Å². The largest absolute Gasteiger partial charge is 0.361 e. The molecule has 3 nitrogen and oxygen atoms in total. The van der Waals surface area contributed by atoms with E-state index in [2.05, 4.69) is 45.7 Å². The molecule has 0 amide bonds. The second-order valence-corrected chi connectivity index (χ2v) is 6.56. The molecule has 0 spiro atoms. The Morgan fingerprint density at radius 1 is 1.05 bits per heavy atom. The molecule has 2 aliphatic rings. The first kappa shape index (κ1) is 13.4. The summed E-state index contributed by atoms with van der Waals surface area (Å²) in [7, 11) is 0. The summed E-state index contributed by atoms with van der Waals surface area (Å²) in [5.41, 5.74) is 2.83. The molecule has 2 fully saturated rings. The number of hydrogen-bond donors (Lipinski definition) is 2. The Labute approximate surface area is 126 Å². The highest BCUT2D eigenvalue weighted by Gasteiger charge is 2.32. The van der Waals surface area contributed by atoms with Gasteiger partial charge < -0.3 is 10.3 Å². The minimum absolute atomic E-state index is 0.606. The molecular formula is C18H25N3. The van der Waals surface area contributed by atoms with Crippen molar-refractivity contribution < 1.29 is 0 Å². The molecule has 2 heterocycles. The van der Waals surface area contributed by atoms with Gasteiger partial charge in [0.05, 0.1) is 0 Å². The van der Waals surface area contributed by atoms with E-state index in [1.165, 1.54) is 49.7 Å². The number of fused-ring (bicyclic) bond motifs is 1. The summed E-state index contributed by atoms with van der Waals surface area (Å²) in [5.74, 6) is 0.837. The van der Waals surface area contributed by atoms with Crippen molar-refractivity contribution in [3.8, 4) is 0 Å². The van der Waals surface area contributed by atoms with Gasteiger partial charge >= 0.3 is 0 Å². The lowest BCUT2D eigenvalue weighted by Gasteiger charge is -2.39. The molecule has 1 aromatic carbocycles. The van der Waals surface area contributed by atoms with Gasteiger partial charge in [0.2, 0.25) is 0 Å². The Balaban J connectivity index is 1.75. The zero-order chi connectivity index (χ0) is 14.1. The molecule has 1 saturated carbocycles. The highest BCUT2D eigenvalue weighted by atomic mass is 15.2. The predicted octanol–water partition coefficient (Wildman–Crippen LogP) is 3.30. The number of hydrogen-bond acceptors (Lipinski definition) is 2. The fourth-order valence-electron chi connectivity index (χ4n) is 4.35. The number of aromatic nitrogens is 1. The van der Waals surface area contributed by atoms with E-state index in [-0.39, 0.29) is 0 Å². The Hall–Kier alpha value is -1.32. The van der Waals surface area contributed by atoms with Gasteiger partial charge in [-0.3, -0.25) is 4.90 Å². The molecule has 1 aliphatic carbocycles. The SMILES string of the molecule is c1cc([C@@H](C2CCCC2)N2CCNCC2)c2cc[nH]c2c1. The fraction of sp³-hybridized carbons (Fsp3) is 0.556. The number of nitrogens with one attached hydrogen (secondary N) is 2. The van der Waals surface area contributed by atoms with Crippen molar-refractivity contribution in [2.45, 2.75) is 31.7 Å². The summed E-state index contributed by atoms with van der Waals surface area (Å²) in [6.45, 7) is 4.63. The molecule has 0 bridgehead atoms. The number of piperazine rings is 1. The molecule has 0 radical (unpaired) electrons. The molecule has 3 heteroatoms. The van der Waals surface area contributed by atoms with Crippen molar-refractivity contribution in [1.29, 1.82) is 0 Å². The first-order chi connectivity index (χ1) is 10.4. The van der Waals surface area contributed by atoms with Gasteiger partial charge in [0, 0.05) is 49.3 Å². The fourth-order valence-corrected chi connectivity index (χ4v) is 4.35. The monoisotopic (exact) mass is 283 g/mol. The number of benzene rings is 1. The summed E-state index contributed by atoms with van der Waals surface area (Å²) >= 11 is 0. The van der Waals surface area contributed by atoms with Crippen LogP contribution in [-0.4, -0.2) is 36.1 Å². The maximum absolute atomic E-state index is 3.50. The van der Waals surface area contributed by atoms with Crippen LogP contribution in [0.5, 0.6) is 0 Å². The van der Waals surface area contributed by atoms with Crippen LogP contribution in [0, 0.1) is 5.92 Å². The Morgan fingerprint density at radius 2 is 1.86 bits per heavy atom. The molecule has 2 aromatic rings.